The summed E-state index contributed by atoms with van der Waals surface area (Å²) in [5, 5.41) is 3.81. The summed E-state index contributed by atoms with van der Waals surface area (Å²) >= 11 is 0. The molecule has 2 unspecified atom stereocenters. The van der Waals surface area contributed by atoms with Gasteiger partial charge in [0.25, 0.3) is 0 Å². The van der Waals surface area contributed by atoms with Crippen LogP contribution in [0.5, 0.6) is 5.75 Å². The Morgan fingerprint density at radius 2 is 1.95 bits per heavy atom. The smallest absolute Gasteiger partial charge is 0.123 e. The Bertz CT molecular complexity index is 426. The molecule has 1 saturated carbocycles. The molecule has 2 heteroatoms. The minimum Gasteiger partial charge on any atom is -0.488 e. The largest absolute Gasteiger partial charge is 0.488 e. The summed E-state index contributed by atoms with van der Waals surface area (Å²) in [5.74, 6) is 2.80. The van der Waals surface area contributed by atoms with Gasteiger partial charge in [-0.15, -0.1) is 0 Å². The van der Waals surface area contributed by atoms with Crippen molar-refractivity contribution in [2.75, 3.05) is 6.54 Å². The molecule has 21 heavy (non-hydrogen) atoms. The van der Waals surface area contributed by atoms with E-state index in [1.54, 1.807) is 0 Å². The van der Waals surface area contributed by atoms with Crippen molar-refractivity contribution in [2.24, 2.45) is 11.8 Å². The predicted molar refractivity (Wildman–Crippen MR) is 87.8 cm³/mol. The normalized spacial score (nSPS) is 29.7. The summed E-state index contributed by atoms with van der Waals surface area (Å²) in [6.07, 6.45) is 8.08. The lowest BCUT2D eigenvalue weighted by atomic mass is 9.77. The monoisotopic (exact) mass is 287 g/mol. The zero-order valence-electron chi connectivity index (χ0n) is 13.5. The third kappa shape index (κ3) is 3.42. The lowest BCUT2D eigenvalue weighted by Gasteiger charge is -2.36. The zero-order valence-corrected chi connectivity index (χ0v) is 13.5. The van der Waals surface area contributed by atoms with Crippen LogP contribution in [0.25, 0.3) is 0 Å². The molecule has 2 aliphatic rings. The van der Waals surface area contributed by atoms with Gasteiger partial charge in [-0.3, -0.25) is 0 Å². The number of hydrogen-bond donors (Lipinski definition) is 1. The molecule has 0 saturated heterocycles. The number of ether oxygens (including phenoxy) is 1. The van der Waals surface area contributed by atoms with E-state index in [2.05, 4.69) is 43.4 Å². The van der Waals surface area contributed by atoms with Crippen molar-refractivity contribution in [3.05, 3.63) is 29.8 Å². The van der Waals surface area contributed by atoms with E-state index >= 15 is 0 Å². The molecular weight excluding hydrogens is 258 g/mol. The Balaban J connectivity index is 1.68. The summed E-state index contributed by atoms with van der Waals surface area (Å²) in [6, 6.07) is 9.06. The molecule has 116 valence electrons. The van der Waals surface area contributed by atoms with Crippen LogP contribution in [0.1, 0.15) is 51.5 Å². The van der Waals surface area contributed by atoms with Crippen molar-refractivity contribution in [2.45, 2.75) is 64.5 Å². The predicted octanol–water partition coefficient (Wildman–Crippen LogP) is 4.18. The first kappa shape index (κ1) is 14.9. The van der Waals surface area contributed by atoms with E-state index < -0.39 is 0 Å². The first-order valence-corrected chi connectivity index (χ1v) is 8.76. The maximum atomic E-state index is 6.28. The third-order valence-electron chi connectivity index (χ3n) is 5.27. The second-order valence-corrected chi connectivity index (χ2v) is 6.97. The summed E-state index contributed by atoms with van der Waals surface area (Å²) in [5.41, 5.74) is 1.38. The fourth-order valence-corrected chi connectivity index (χ4v) is 3.97. The Hall–Kier alpha value is -1.02. The summed E-state index contributed by atoms with van der Waals surface area (Å²) in [7, 11) is 0. The molecule has 1 aliphatic heterocycles. The van der Waals surface area contributed by atoms with Gasteiger partial charge in [0.05, 0.1) is 0 Å². The molecule has 0 bridgehead atoms. The average molecular weight is 287 g/mol. The van der Waals surface area contributed by atoms with Crippen molar-refractivity contribution in [1.29, 1.82) is 0 Å². The van der Waals surface area contributed by atoms with Crippen LogP contribution in [0.3, 0.4) is 0 Å². The molecule has 2 atom stereocenters. The molecule has 1 N–H and O–H groups in total. The topological polar surface area (TPSA) is 21.3 Å². The molecule has 3 rings (SSSR count). The van der Waals surface area contributed by atoms with Crippen LogP contribution in [0.4, 0.5) is 0 Å². The van der Waals surface area contributed by atoms with Crippen LogP contribution in [0.15, 0.2) is 24.3 Å². The summed E-state index contributed by atoms with van der Waals surface area (Å²) in [6.45, 7) is 5.75. The van der Waals surface area contributed by atoms with Gasteiger partial charge in [-0.2, -0.15) is 0 Å². The number of benzene rings is 1. The summed E-state index contributed by atoms with van der Waals surface area (Å²) < 4.78 is 6.28. The highest BCUT2D eigenvalue weighted by Gasteiger charge is 2.36. The van der Waals surface area contributed by atoms with Crippen LogP contribution in [0, 0.1) is 11.8 Å². The van der Waals surface area contributed by atoms with Gasteiger partial charge in [-0.1, -0.05) is 44.9 Å². The van der Waals surface area contributed by atoms with Crippen LogP contribution >= 0.6 is 0 Å². The second-order valence-electron chi connectivity index (χ2n) is 6.97. The molecule has 1 fully saturated rings. The zero-order chi connectivity index (χ0) is 14.7. The molecule has 0 aromatic heterocycles. The highest BCUT2D eigenvalue weighted by Crippen LogP contribution is 2.36. The van der Waals surface area contributed by atoms with Gasteiger partial charge in [0.15, 0.2) is 0 Å². The van der Waals surface area contributed by atoms with Gasteiger partial charge in [0.2, 0.25) is 0 Å². The highest BCUT2D eigenvalue weighted by molar-refractivity contribution is 5.37. The van der Waals surface area contributed by atoms with E-state index in [4.69, 9.17) is 4.74 Å². The first-order valence-electron chi connectivity index (χ1n) is 8.76. The standard InChI is InChI=1S/C19H29NO/c1-3-12-20-19(15-10-8-14(2)9-11-15)18-13-16-6-4-5-7-17(16)21-18/h4-7,14-15,18-20H,3,8-13H2,1-2H3. The maximum absolute atomic E-state index is 6.28. The number of nitrogens with one attached hydrogen (secondary N) is 1. The van der Waals surface area contributed by atoms with Gasteiger partial charge >= 0.3 is 0 Å². The molecule has 1 heterocycles. The SMILES string of the molecule is CCCNC(C1CCC(C)CC1)C1Cc2ccccc2O1. The van der Waals surface area contributed by atoms with Crippen molar-refractivity contribution in [3.63, 3.8) is 0 Å². The van der Waals surface area contributed by atoms with E-state index in [-0.39, 0.29) is 0 Å². The van der Waals surface area contributed by atoms with Gasteiger partial charge < -0.3 is 10.1 Å². The Morgan fingerprint density at radius 1 is 1.19 bits per heavy atom. The summed E-state index contributed by atoms with van der Waals surface area (Å²) in [4.78, 5) is 0. The van der Waals surface area contributed by atoms with Crippen molar-refractivity contribution >= 4 is 0 Å². The van der Waals surface area contributed by atoms with Crippen molar-refractivity contribution in [1.82, 2.24) is 5.32 Å². The maximum Gasteiger partial charge on any atom is 0.123 e. The number of rotatable bonds is 5. The average Bonchev–Trinajstić information content (AvgIpc) is 2.93. The lowest BCUT2D eigenvalue weighted by Crippen LogP contribution is -2.48. The van der Waals surface area contributed by atoms with E-state index in [1.807, 2.05) is 0 Å². The Morgan fingerprint density at radius 3 is 2.67 bits per heavy atom. The molecule has 0 radical (unpaired) electrons. The van der Waals surface area contributed by atoms with Gasteiger partial charge in [-0.25, -0.2) is 0 Å². The number of hydrogen-bond acceptors (Lipinski definition) is 2. The minimum absolute atomic E-state index is 0.326. The van der Waals surface area contributed by atoms with E-state index in [0.29, 0.717) is 12.1 Å². The third-order valence-corrected chi connectivity index (χ3v) is 5.27. The Kier molecular flexibility index (Phi) is 4.84. The second kappa shape index (κ2) is 6.83. The highest BCUT2D eigenvalue weighted by atomic mass is 16.5. The molecule has 1 aromatic rings. The van der Waals surface area contributed by atoms with Gasteiger partial charge in [0.1, 0.15) is 11.9 Å². The van der Waals surface area contributed by atoms with Crippen LogP contribution in [-0.4, -0.2) is 18.7 Å². The fourth-order valence-electron chi connectivity index (χ4n) is 3.97. The first-order chi connectivity index (χ1) is 10.3. The van der Waals surface area contributed by atoms with Crippen LogP contribution in [0.2, 0.25) is 0 Å². The van der Waals surface area contributed by atoms with Gasteiger partial charge in [0, 0.05) is 12.5 Å². The van der Waals surface area contributed by atoms with Crippen LogP contribution < -0.4 is 10.1 Å². The van der Waals surface area contributed by atoms with Crippen molar-refractivity contribution < 1.29 is 4.74 Å². The van der Waals surface area contributed by atoms with Crippen molar-refractivity contribution in [3.8, 4) is 5.75 Å². The molecule has 0 amide bonds. The number of fused-ring (bicyclic) bond motifs is 1. The fraction of sp³-hybridized carbons (Fsp3) is 0.684. The molecular formula is C19H29NO. The van der Waals surface area contributed by atoms with E-state index in [1.165, 1.54) is 37.7 Å². The van der Waals surface area contributed by atoms with Gasteiger partial charge in [-0.05, 0) is 49.3 Å². The van der Waals surface area contributed by atoms with E-state index in [0.717, 1.165) is 30.6 Å². The van der Waals surface area contributed by atoms with E-state index in [9.17, 15) is 0 Å². The number of para-hydroxylation sites is 1. The molecule has 1 aromatic carbocycles. The quantitative estimate of drug-likeness (QED) is 0.877. The minimum atomic E-state index is 0.326. The molecule has 1 aliphatic carbocycles. The molecule has 0 spiro atoms. The van der Waals surface area contributed by atoms with Crippen LogP contribution in [-0.2, 0) is 6.42 Å². The lowest BCUT2D eigenvalue weighted by molar-refractivity contribution is 0.113. The Labute approximate surface area is 129 Å². The molecule has 2 nitrogen and oxygen atoms in total.